The van der Waals surface area contributed by atoms with E-state index in [1.165, 1.54) is 11.9 Å². The van der Waals surface area contributed by atoms with Crippen LogP contribution in [0, 0.1) is 5.92 Å². The highest BCUT2D eigenvalue weighted by atomic mass is 16.5. The van der Waals surface area contributed by atoms with E-state index in [0.29, 0.717) is 0 Å². The molecule has 0 bridgehead atoms. The number of carbonyl (C=O) groups is 3. The van der Waals surface area contributed by atoms with Gasteiger partial charge < -0.3 is 24.8 Å². The Morgan fingerprint density at radius 2 is 1.71 bits per heavy atom. The second-order valence-electron chi connectivity index (χ2n) is 9.08. The molecule has 34 heavy (non-hydrogen) atoms. The number of benzene rings is 2. The van der Waals surface area contributed by atoms with Crippen molar-refractivity contribution in [1.82, 2.24) is 10.2 Å². The maximum Gasteiger partial charge on any atom is 0.407 e. The van der Waals surface area contributed by atoms with E-state index in [-0.39, 0.29) is 38.1 Å². The Bertz CT molecular complexity index is 1050. The van der Waals surface area contributed by atoms with Crippen molar-refractivity contribution in [2.45, 2.75) is 37.8 Å². The minimum atomic E-state index is -1.38. The summed E-state index contributed by atoms with van der Waals surface area (Å²) in [6.07, 6.45) is -0.389. The summed E-state index contributed by atoms with van der Waals surface area (Å²) in [4.78, 5) is 38.7. The first-order valence-electron chi connectivity index (χ1n) is 11.5. The van der Waals surface area contributed by atoms with E-state index in [2.05, 4.69) is 17.4 Å². The predicted molar refractivity (Wildman–Crippen MR) is 125 cm³/mol. The van der Waals surface area contributed by atoms with Crippen LogP contribution < -0.4 is 5.32 Å². The molecule has 8 nitrogen and oxygen atoms in total. The fourth-order valence-electron chi connectivity index (χ4n) is 4.81. The fourth-order valence-corrected chi connectivity index (χ4v) is 4.81. The summed E-state index contributed by atoms with van der Waals surface area (Å²) in [6.45, 7) is 3.78. The number of nitrogens with zero attached hydrogens (tertiary/aromatic N) is 1. The van der Waals surface area contributed by atoms with Gasteiger partial charge in [-0.1, -0.05) is 55.5 Å². The zero-order chi connectivity index (χ0) is 24.5. The second-order valence-corrected chi connectivity index (χ2v) is 9.08. The monoisotopic (exact) mass is 466 g/mol. The molecule has 4 rings (SSSR count). The van der Waals surface area contributed by atoms with Gasteiger partial charge in [0.15, 0.2) is 5.54 Å². The van der Waals surface area contributed by atoms with Crippen LogP contribution in [0.2, 0.25) is 0 Å². The van der Waals surface area contributed by atoms with Crippen molar-refractivity contribution in [1.29, 1.82) is 0 Å². The van der Waals surface area contributed by atoms with Crippen LogP contribution in [0.1, 0.15) is 37.3 Å². The van der Waals surface area contributed by atoms with E-state index >= 15 is 0 Å². The molecule has 2 amide bonds. The fraction of sp³-hybridized carbons (Fsp3) is 0.423. The van der Waals surface area contributed by atoms with E-state index in [0.717, 1.165) is 22.3 Å². The van der Waals surface area contributed by atoms with Crippen LogP contribution in [0.3, 0.4) is 0 Å². The topological polar surface area (TPSA) is 105 Å². The van der Waals surface area contributed by atoms with E-state index in [1.54, 1.807) is 13.8 Å². The molecule has 1 fully saturated rings. The number of likely N-dealkylation sites (N-methyl/N-ethyl adjacent to an activating group) is 1. The molecule has 1 heterocycles. The number of carbonyl (C=O) groups excluding carboxylic acids is 2. The largest absolute Gasteiger partial charge is 0.479 e. The predicted octanol–water partition coefficient (Wildman–Crippen LogP) is 3.25. The van der Waals surface area contributed by atoms with Crippen molar-refractivity contribution in [2.24, 2.45) is 5.92 Å². The summed E-state index contributed by atoms with van der Waals surface area (Å²) in [5, 5.41) is 12.4. The number of ether oxygens (including phenoxy) is 2. The Kier molecular flexibility index (Phi) is 6.61. The van der Waals surface area contributed by atoms with Crippen molar-refractivity contribution in [3.63, 3.8) is 0 Å². The SMILES string of the molecule is CC(NC(=O)OCC1c2ccccc2-c2ccccc21)C(C)C(=O)N(C)C1(C(=O)O)CCOC1. The molecular formula is C26H30N2O6. The molecule has 0 aromatic heterocycles. The molecule has 3 unspecified atom stereocenters. The number of aliphatic carboxylic acids is 1. The molecule has 0 radical (unpaired) electrons. The van der Waals surface area contributed by atoms with Gasteiger partial charge in [-0.15, -0.1) is 0 Å². The van der Waals surface area contributed by atoms with Gasteiger partial charge in [-0.2, -0.15) is 0 Å². The number of hydrogen-bond acceptors (Lipinski definition) is 5. The van der Waals surface area contributed by atoms with Gasteiger partial charge in [-0.3, -0.25) is 4.79 Å². The molecule has 3 atom stereocenters. The van der Waals surface area contributed by atoms with Crippen molar-refractivity contribution < 1.29 is 29.0 Å². The molecule has 2 N–H and O–H groups in total. The minimum absolute atomic E-state index is 0.0501. The van der Waals surface area contributed by atoms with Gasteiger partial charge in [-0.05, 0) is 29.2 Å². The summed E-state index contributed by atoms with van der Waals surface area (Å²) >= 11 is 0. The van der Waals surface area contributed by atoms with Gasteiger partial charge in [0.25, 0.3) is 0 Å². The molecule has 1 aliphatic carbocycles. The van der Waals surface area contributed by atoms with E-state index in [9.17, 15) is 19.5 Å². The number of amides is 2. The molecule has 2 aromatic rings. The van der Waals surface area contributed by atoms with Crippen molar-refractivity contribution >= 4 is 18.0 Å². The van der Waals surface area contributed by atoms with Crippen molar-refractivity contribution in [2.75, 3.05) is 26.9 Å². The van der Waals surface area contributed by atoms with Crippen LogP contribution >= 0.6 is 0 Å². The van der Waals surface area contributed by atoms with Gasteiger partial charge in [-0.25, -0.2) is 9.59 Å². The number of hydrogen-bond donors (Lipinski definition) is 2. The first kappa shape index (κ1) is 23.8. The molecular weight excluding hydrogens is 436 g/mol. The number of rotatable bonds is 7. The average molecular weight is 467 g/mol. The van der Waals surface area contributed by atoms with Crippen LogP contribution in [0.15, 0.2) is 48.5 Å². The zero-order valence-corrected chi connectivity index (χ0v) is 19.6. The van der Waals surface area contributed by atoms with Gasteiger partial charge in [0, 0.05) is 32.0 Å². The molecule has 0 spiro atoms. The Hall–Kier alpha value is -3.39. The van der Waals surface area contributed by atoms with E-state index in [4.69, 9.17) is 9.47 Å². The third-order valence-corrected chi connectivity index (χ3v) is 7.20. The highest BCUT2D eigenvalue weighted by Crippen LogP contribution is 2.44. The lowest BCUT2D eigenvalue weighted by Gasteiger charge is -2.36. The Morgan fingerprint density at radius 1 is 1.12 bits per heavy atom. The summed E-state index contributed by atoms with van der Waals surface area (Å²) in [7, 11) is 1.47. The van der Waals surface area contributed by atoms with Crippen LogP contribution in [0.5, 0.6) is 0 Å². The standard InChI is InChI=1S/C26H30N2O6/c1-16(23(29)28(3)26(24(30)31)12-13-33-15-26)17(2)27-25(32)34-14-22-20-10-6-4-8-18(20)19-9-5-7-11-21(19)22/h4-11,16-17,22H,12-15H2,1-3H3,(H,27,32)(H,30,31). The van der Waals surface area contributed by atoms with Crippen molar-refractivity contribution in [3.05, 3.63) is 59.7 Å². The Labute approximate surface area is 198 Å². The van der Waals surface area contributed by atoms with Crippen LogP contribution in [0.25, 0.3) is 11.1 Å². The highest BCUT2D eigenvalue weighted by molar-refractivity contribution is 5.89. The third kappa shape index (κ3) is 4.14. The maximum absolute atomic E-state index is 13.0. The Balaban J connectivity index is 1.37. The maximum atomic E-state index is 13.0. The number of fused-ring (bicyclic) bond motifs is 3. The molecule has 2 aromatic carbocycles. The van der Waals surface area contributed by atoms with Crippen LogP contribution in [-0.2, 0) is 19.1 Å². The van der Waals surface area contributed by atoms with Gasteiger partial charge >= 0.3 is 12.1 Å². The lowest BCUT2D eigenvalue weighted by molar-refractivity contribution is -0.159. The quantitative estimate of drug-likeness (QED) is 0.649. The molecule has 180 valence electrons. The van der Waals surface area contributed by atoms with Crippen LogP contribution in [0.4, 0.5) is 4.79 Å². The lowest BCUT2D eigenvalue weighted by Crippen LogP contribution is -2.58. The first-order chi connectivity index (χ1) is 16.3. The van der Waals surface area contributed by atoms with Gasteiger partial charge in [0.2, 0.25) is 5.91 Å². The highest BCUT2D eigenvalue weighted by Gasteiger charge is 2.49. The molecule has 2 aliphatic rings. The van der Waals surface area contributed by atoms with E-state index in [1.807, 2.05) is 36.4 Å². The van der Waals surface area contributed by atoms with Gasteiger partial charge in [0.05, 0.1) is 12.5 Å². The molecule has 1 aliphatic heterocycles. The summed E-state index contributed by atoms with van der Waals surface area (Å²) in [6, 6.07) is 15.6. The number of nitrogens with one attached hydrogen (secondary N) is 1. The normalized spacial score (nSPS) is 20.7. The third-order valence-electron chi connectivity index (χ3n) is 7.20. The lowest BCUT2D eigenvalue weighted by atomic mass is 9.93. The van der Waals surface area contributed by atoms with Crippen molar-refractivity contribution in [3.8, 4) is 11.1 Å². The number of alkyl carbamates (subject to hydrolysis) is 1. The first-order valence-corrected chi connectivity index (χ1v) is 11.5. The zero-order valence-electron chi connectivity index (χ0n) is 19.6. The Morgan fingerprint density at radius 3 is 2.24 bits per heavy atom. The minimum Gasteiger partial charge on any atom is -0.479 e. The van der Waals surface area contributed by atoms with E-state index < -0.39 is 29.6 Å². The molecule has 0 saturated carbocycles. The number of carboxylic acids is 1. The smallest absolute Gasteiger partial charge is 0.407 e. The van der Waals surface area contributed by atoms with Crippen LogP contribution in [-0.4, -0.2) is 66.4 Å². The second kappa shape index (κ2) is 9.46. The molecule has 1 saturated heterocycles. The summed E-state index contributed by atoms with van der Waals surface area (Å²) in [5.41, 5.74) is 3.14. The number of carboxylic acid groups (broad SMARTS) is 1. The summed E-state index contributed by atoms with van der Waals surface area (Å²) < 4.78 is 10.8. The molecule has 8 heteroatoms. The van der Waals surface area contributed by atoms with Gasteiger partial charge in [0.1, 0.15) is 6.61 Å². The summed E-state index contributed by atoms with van der Waals surface area (Å²) in [5.74, 6) is -2.18. The average Bonchev–Trinajstić information content (AvgIpc) is 3.46.